The number of hydrogen-bond acceptors (Lipinski definition) is 4. The number of nitrogens with one attached hydrogen (secondary N) is 1. The first-order valence-electron chi connectivity index (χ1n) is 18.0. The highest BCUT2D eigenvalue weighted by atomic mass is 15.3. The van der Waals surface area contributed by atoms with Gasteiger partial charge in [-0.15, -0.1) is 0 Å². The van der Waals surface area contributed by atoms with Crippen LogP contribution in [0.3, 0.4) is 0 Å². The Morgan fingerprint density at radius 2 is 1.54 bits per heavy atom. The van der Waals surface area contributed by atoms with Crippen molar-refractivity contribution in [3.8, 4) is 0 Å². The van der Waals surface area contributed by atoms with Gasteiger partial charge in [-0.05, 0) is 12.8 Å². The van der Waals surface area contributed by atoms with Gasteiger partial charge >= 0.3 is 0 Å². The van der Waals surface area contributed by atoms with Crippen molar-refractivity contribution in [1.29, 1.82) is 0 Å². The van der Waals surface area contributed by atoms with E-state index < -0.39 is 0 Å². The van der Waals surface area contributed by atoms with Gasteiger partial charge in [0.15, 0.2) is 12.9 Å². The summed E-state index contributed by atoms with van der Waals surface area (Å²) in [6, 6.07) is 0. The van der Waals surface area contributed by atoms with E-state index in [1.54, 1.807) is 0 Å². The number of nitrogens with zero attached hydrogens (tertiary/aromatic N) is 4. The third-order valence-electron chi connectivity index (χ3n) is 9.76. The lowest BCUT2D eigenvalue weighted by Gasteiger charge is -2.31. The lowest BCUT2D eigenvalue weighted by atomic mass is 9.46. The number of rotatable bonds is 18. The molecule has 41 heavy (non-hydrogen) atoms. The van der Waals surface area contributed by atoms with Crippen molar-refractivity contribution in [2.24, 2.45) is 0 Å². The maximum atomic E-state index is 5.25. The first-order chi connectivity index (χ1) is 20.1. The molecular weight excluding hydrogens is 500 g/mol. The molecule has 0 aliphatic heterocycles. The molecule has 230 valence electrons. The van der Waals surface area contributed by atoms with E-state index in [9.17, 15) is 0 Å². The number of H-pyrrole nitrogens is 1. The summed E-state index contributed by atoms with van der Waals surface area (Å²) in [5.41, 5.74) is 3.06. The summed E-state index contributed by atoms with van der Waals surface area (Å²) in [5, 5.41) is 0.275. The minimum atomic E-state index is 0.275. The fourth-order valence-corrected chi connectivity index (χ4v) is 7.03. The number of fused-ring (bicyclic) bond motifs is 1. The van der Waals surface area contributed by atoms with Crippen LogP contribution in [0.4, 0.5) is 5.95 Å². The Labute approximate surface area is 254 Å². The predicted octanol–water partition coefficient (Wildman–Crippen LogP) is 8.92. The summed E-state index contributed by atoms with van der Waals surface area (Å²) in [6.07, 6.45) is 30.6. The van der Waals surface area contributed by atoms with Gasteiger partial charge in [-0.2, -0.15) is 4.98 Å². The maximum absolute atomic E-state index is 5.25. The van der Waals surface area contributed by atoms with Crippen LogP contribution in [0, 0.1) is 0 Å². The van der Waals surface area contributed by atoms with Crippen molar-refractivity contribution in [3.63, 3.8) is 0 Å². The Hall–Kier alpha value is -1.52. The van der Waals surface area contributed by atoms with Crippen LogP contribution in [0.2, 0.25) is 17.5 Å². The molecule has 3 rings (SSSR count). The molecule has 2 heterocycles. The van der Waals surface area contributed by atoms with Crippen LogP contribution in [0.5, 0.6) is 0 Å². The highest BCUT2D eigenvalue weighted by Crippen LogP contribution is 2.41. The van der Waals surface area contributed by atoms with Gasteiger partial charge in [-0.25, -0.2) is 9.97 Å². The second kappa shape index (κ2) is 19.6. The molecule has 0 spiro atoms. The zero-order valence-corrected chi connectivity index (χ0v) is 27.6. The topological polar surface area (TPSA) is 57.7 Å². The van der Waals surface area contributed by atoms with Crippen molar-refractivity contribution in [3.05, 3.63) is 6.33 Å². The first kappa shape index (κ1) is 34.0. The quantitative estimate of drug-likeness (QED) is 0.145. The van der Waals surface area contributed by atoms with E-state index in [-0.39, 0.29) is 5.31 Å². The van der Waals surface area contributed by atoms with Gasteiger partial charge in [-0.1, -0.05) is 161 Å². The number of imidazole rings is 1. The lowest BCUT2D eigenvalue weighted by Crippen LogP contribution is -2.35. The Balaban J connectivity index is 1.64. The van der Waals surface area contributed by atoms with Crippen molar-refractivity contribution < 1.29 is 0 Å². The zero-order valence-electron chi connectivity index (χ0n) is 27.6. The molecule has 1 fully saturated rings. The van der Waals surface area contributed by atoms with Crippen LogP contribution in [0.1, 0.15) is 156 Å². The van der Waals surface area contributed by atoms with E-state index in [0.29, 0.717) is 0 Å². The van der Waals surface area contributed by atoms with Crippen molar-refractivity contribution in [1.82, 2.24) is 19.9 Å². The van der Waals surface area contributed by atoms with Gasteiger partial charge in [0.05, 0.1) is 6.33 Å². The minimum Gasteiger partial charge on any atom is -0.341 e. The largest absolute Gasteiger partial charge is 0.341 e. The van der Waals surface area contributed by atoms with Gasteiger partial charge in [0, 0.05) is 18.7 Å². The molecule has 1 aliphatic rings. The molecule has 1 N–H and O–H groups in total. The molecule has 2 aromatic heterocycles. The summed E-state index contributed by atoms with van der Waals surface area (Å²) < 4.78 is 0. The van der Waals surface area contributed by atoms with Crippen LogP contribution in [-0.2, 0) is 0 Å². The van der Waals surface area contributed by atoms with E-state index in [2.05, 4.69) is 37.6 Å². The van der Waals surface area contributed by atoms with E-state index in [1.807, 2.05) is 6.33 Å². The van der Waals surface area contributed by atoms with Gasteiger partial charge in [-0.3, -0.25) is 0 Å². The van der Waals surface area contributed by atoms with Crippen LogP contribution >= 0.6 is 0 Å². The molecule has 1 saturated carbocycles. The first-order valence-corrected chi connectivity index (χ1v) is 18.0. The summed E-state index contributed by atoms with van der Waals surface area (Å²) in [4.78, 5) is 20.6. The van der Waals surface area contributed by atoms with Crippen molar-refractivity contribution >= 4 is 37.3 Å². The zero-order chi connectivity index (χ0) is 29.2. The van der Waals surface area contributed by atoms with Gasteiger partial charge < -0.3 is 9.88 Å². The summed E-state index contributed by atoms with van der Waals surface area (Å²) in [6.45, 7) is 11.4. The molecule has 5 nitrogen and oxygen atoms in total. The summed E-state index contributed by atoms with van der Waals surface area (Å²) in [5.74, 6) is 1.80. The van der Waals surface area contributed by atoms with E-state index >= 15 is 0 Å². The van der Waals surface area contributed by atoms with Gasteiger partial charge in [0.2, 0.25) is 5.95 Å². The Kier molecular flexibility index (Phi) is 16.3. The maximum Gasteiger partial charge on any atom is 0.226 e. The van der Waals surface area contributed by atoms with E-state index in [4.69, 9.17) is 15.0 Å². The Morgan fingerprint density at radius 3 is 2.32 bits per heavy atom. The molecule has 0 aromatic carbocycles. The van der Waals surface area contributed by atoms with Crippen molar-refractivity contribution in [2.45, 2.75) is 174 Å². The minimum absolute atomic E-state index is 0.275. The second-order valence-corrected chi connectivity index (χ2v) is 13.7. The van der Waals surface area contributed by atoms with E-state index in [1.165, 1.54) is 136 Å². The highest BCUT2D eigenvalue weighted by molar-refractivity contribution is 6.58. The standard InChI is InChI=1S/C34H63B2N5/c1-5-8-10-11-12-13-17-20-25-35-29-21-18-15-14-16-19-23-34(4,24-22-29)36-31-30-32(38-28-37-30)40-33(39-31)41(26-7-3)27-9-6-2/h28-29,35-36H,5-27H2,1-4H3,(H,37,38,39,40). The highest BCUT2D eigenvalue weighted by Gasteiger charge is 2.30. The average Bonchev–Trinajstić information content (AvgIpc) is 3.44. The predicted molar refractivity (Wildman–Crippen MR) is 184 cm³/mol. The van der Waals surface area contributed by atoms with Crippen LogP contribution in [-0.4, -0.2) is 47.6 Å². The lowest BCUT2D eigenvalue weighted by molar-refractivity contribution is 0.463. The summed E-state index contributed by atoms with van der Waals surface area (Å²) in [7, 11) is 2.46. The van der Waals surface area contributed by atoms with Gasteiger partial charge in [0.25, 0.3) is 0 Å². The fourth-order valence-electron chi connectivity index (χ4n) is 7.03. The molecule has 2 unspecified atom stereocenters. The molecule has 0 amide bonds. The molecule has 2 aromatic rings. The smallest absolute Gasteiger partial charge is 0.226 e. The van der Waals surface area contributed by atoms with Crippen LogP contribution < -0.4 is 10.5 Å². The van der Waals surface area contributed by atoms with Crippen LogP contribution in [0.25, 0.3) is 11.2 Å². The summed E-state index contributed by atoms with van der Waals surface area (Å²) >= 11 is 0. The van der Waals surface area contributed by atoms with E-state index in [0.717, 1.165) is 55.3 Å². The molecule has 2 atom stereocenters. The molecular formula is C34H63B2N5. The molecule has 0 saturated heterocycles. The monoisotopic (exact) mass is 564 g/mol. The Bertz CT molecular complexity index is 950. The molecule has 0 bridgehead atoms. The average molecular weight is 564 g/mol. The normalized spacial score (nSPS) is 20.5. The third kappa shape index (κ3) is 12.3. The molecule has 1 aliphatic carbocycles. The fraction of sp³-hybridized carbons (Fsp3) is 0.853. The SMILES string of the molecule is CCCCCCCCCCBC1CCCCCCCC(C)(Bc2nc(N(CCC)CCCC)nc3[nH]cnc23)CC1. The van der Waals surface area contributed by atoms with Gasteiger partial charge in [0.1, 0.15) is 12.8 Å². The third-order valence-corrected chi connectivity index (χ3v) is 9.76. The molecule has 7 heteroatoms. The van der Waals surface area contributed by atoms with Crippen LogP contribution in [0.15, 0.2) is 6.33 Å². The number of aromatic amines is 1. The second-order valence-electron chi connectivity index (χ2n) is 13.7. The number of hydrogen-bond donors (Lipinski definition) is 1. The Morgan fingerprint density at radius 1 is 0.805 bits per heavy atom. The number of aromatic nitrogens is 4. The number of unbranched alkanes of at least 4 members (excludes halogenated alkanes) is 8. The molecule has 0 radical (unpaired) electrons. The number of anilines is 1. The van der Waals surface area contributed by atoms with Crippen molar-refractivity contribution in [2.75, 3.05) is 18.0 Å².